The minimum absolute atomic E-state index is 0.0961. The Balaban J connectivity index is 1.44. The van der Waals surface area contributed by atoms with Gasteiger partial charge in [0.2, 0.25) is 11.8 Å². The summed E-state index contributed by atoms with van der Waals surface area (Å²) >= 11 is 0. The second kappa shape index (κ2) is 6.22. The number of fused-ring (bicyclic) bond motifs is 4. The fraction of sp³-hybridized carbons (Fsp3) is 0.722. The van der Waals surface area contributed by atoms with Gasteiger partial charge in [0, 0.05) is 37.7 Å². The zero-order chi connectivity index (χ0) is 16.7. The number of nitrogens with zero attached hydrogens (tertiary/aromatic N) is 3. The summed E-state index contributed by atoms with van der Waals surface area (Å²) in [6.45, 7) is 4.14. The number of amides is 2. The second-order valence-corrected chi connectivity index (χ2v) is 7.63. The molecule has 1 aromatic rings. The number of rotatable bonds is 3. The number of piperidine rings is 1. The molecule has 0 spiro atoms. The third-order valence-electron chi connectivity index (χ3n) is 5.80. The first-order chi connectivity index (χ1) is 11.6. The van der Waals surface area contributed by atoms with E-state index in [1.54, 1.807) is 0 Å². The van der Waals surface area contributed by atoms with Crippen LogP contribution in [-0.2, 0) is 16.0 Å². The maximum atomic E-state index is 12.7. The first-order valence-electron chi connectivity index (χ1n) is 9.10. The van der Waals surface area contributed by atoms with Gasteiger partial charge in [0.15, 0.2) is 0 Å². The van der Waals surface area contributed by atoms with Crippen molar-refractivity contribution in [3.8, 4) is 0 Å². The van der Waals surface area contributed by atoms with E-state index in [-0.39, 0.29) is 24.3 Å². The van der Waals surface area contributed by atoms with Crippen molar-refractivity contribution < 1.29 is 14.1 Å². The van der Waals surface area contributed by atoms with Crippen molar-refractivity contribution in [1.82, 2.24) is 15.0 Å². The molecule has 0 N–H and O–H groups in total. The SMILES string of the molecule is Cc1cc(CC(=O)N2C[C@H]3CC[C@@H]2CN(C(=O)C2CCC2)C3)on1. The average Bonchev–Trinajstić information content (AvgIpc) is 2.73. The van der Waals surface area contributed by atoms with E-state index in [1.165, 1.54) is 6.42 Å². The maximum Gasteiger partial charge on any atom is 0.230 e. The van der Waals surface area contributed by atoms with Crippen molar-refractivity contribution in [3.63, 3.8) is 0 Å². The van der Waals surface area contributed by atoms with Gasteiger partial charge in [0.05, 0.1) is 12.1 Å². The molecule has 130 valence electrons. The van der Waals surface area contributed by atoms with Crippen LogP contribution in [0.3, 0.4) is 0 Å². The smallest absolute Gasteiger partial charge is 0.230 e. The molecule has 3 aliphatic heterocycles. The van der Waals surface area contributed by atoms with Crippen molar-refractivity contribution in [3.05, 3.63) is 17.5 Å². The lowest BCUT2D eigenvalue weighted by molar-refractivity contribution is -0.140. The van der Waals surface area contributed by atoms with Crippen LogP contribution in [0.4, 0.5) is 0 Å². The van der Waals surface area contributed by atoms with Gasteiger partial charge >= 0.3 is 0 Å². The summed E-state index contributed by atoms with van der Waals surface area (Å²) in [5, 5.41) is 3.85. The number of hydrogen-bond donors (Lipinski definition) is 0. The topological polar surface area (TPSA) is 66.7 Å². The molecule has 0 radical (unpaired) electrons. The van der Waals surface area contributed by atoms with Gasteiger partial charge in [-0.15, -0.1) is 0 Å². The molecule has 4 aliphatic rings. The van der Waals surface area contributed by atoms with Gasteiger partial charge in [-0.2, -0.15) is 0 Å². The molecule has 4 heterocycles. The third-order valence-corrected chi connectivity index (χ3v) is 5.80. The second-order valence-electron chi connectivity index (χ2n) is 7.63. The van der Waals surface area contributed by atoms with E-state index < -0.39 is 0 Å². The van der Waals surface area contributed by atoms with Gasteiger partial charge in [-0.3, -0.25) is 9.59 Å². The predicted molar refractivity (Wildman–Crippen MR) is 87.1 cm³/mol. The molecule has 0 aromatic carbocycles. The fourth-order valence-corrected chi connectivity index (χ4v) is 4.23. The molecule has 1 aromatic heterocycles. The lowest BCUT2D eigenvalue weighted by Gasteiger charge is -2.36. The van der Waals surface area contributed by atoms with Crippen LogP contribution in [0, 0.1) is 18.8 Å². The Labute approximate surface area is 142 Å². The lowest BCUT2D eigenvalue weighted by atomic mass is 9.84. The third kappa shape index (κ3) is 2.94. The molecule has 0 unspecified atom stereocenters. The highest BCUT2D eigenvalue weighted by molar-refractivity contribution is 5.81. The Bertz CT molecular complexity index is 637. The highest BCUT2D eigenvalue weighted by Gasteiger charge is 2.40. The molecular weight excluding hydrogens is 306 g/mol. The monoisotopic (exact) mass is 331 g/mol. The van der Waals surface area contributed by atoms with Gasteiger partial charge in [0.1, 0.15) is 5.76 Å². The molecule has 2 atom stereocenters. The Morgan fingerprint density at radius 2 is 2.04 bits per heavy atom. The minimum atomic E-state index is 0.0961. The fourth-order valence-electron chi connectivity index (χ4n) is 4.23. The van der Waals surface area contributed by atoms with Crippen LogP contribution in [0.1, 0.15) is 43.6 Å². The molecule has 6 nitrogen and oxygen atoms in total. The minimum Gasteiger partial charge on any atom is -0.361 e. The average molecular weight is 331 g/mol. The van der Waals surface area contributed by atoms with Gasteiger partial charge in [-0.25, -0.2) is 0 Å². The summed E-state index contributed by atoms with van der Waals surface area (Å²) in [5.41, 5.74) is 0.799. The maximum absolute atomic E-state index is 12.7. The molecule has 24 heavy (non-hydrogen) atoms. The van der Waals surface area contributed by atoms with Crippen LogP contribution in [0.25, 0.3) is 0 Å². The summed E-state index contributed by atoms with van der Waals surface area (Å²) in [6.07, 6.45) is 5.64. The van der Waals surface area contributed by atoms with Gasteiger partial charge in [-0.05, 0) is 38.5 Å². The first kappa shape index (κ1) is 15.7. The summed E-state index contributed by atoms with van der Waals surface area (Å²) in [4.78, 5) is 29.4. The first-order valence-corrected chi connectivity index (χ1v) is 9.10. The standard InChI is InChI=1S/C18H25N3O3/c1-12-7-16(24-19-12)8-17(22)21-10-13-5-6-15(21)11-20(9-13)18(23)14-3-2-4-14/h7,13-15H,2-6,8-11H2,1H3/t13-,15+/m0/s1. The molecule has 1 saturated carbocycles. The van der Waals surface area contributed by atoms with Crippen LogP contribution in [0.5, 0.6) is 0 Å². The molecule has 4 fully saturated rings. The van der Waals surface area contributed by atoms with Crippen LogP contribution < -0.4 is 0 Å². The van der Waals surface area contributed by atoms with E-state index in [9.17, 15) is 9.59 Å². The zero-order valence-electron chi connectivity index (χ0n) is 14.2. The molecule has 6 heteroatoms. The zero-order valence-corrected chi connectivity index (χ0v) is 14.2. The Morgan fingerprint density at radius 3 is 2.71 bits per heavy atom. The van der Waals surface area contributed by atoms with Crippen LogP contribution >= 0.6 is 0 Å². The van der Waals surface area contributed by atoms with E-state index in [0.29, 0.717) is 24.1 Å². The van der Waals surface area contributed by atoms with Crippen molar-refractivity contribution in [1.29, 1.82) is 0 Å². The summed E-state index contributed by atoms with van der Waals surface area (Å²) < 4.78 is 5.19. The van der Waals surface area contributed by atoms with E-state index in [4.69, 9.17) is 4.52 Å². The highest BCUT2D eigenvalue weighted by atomic mass is 16.5. The van der Waals surface area contributed by atoms with Gasteiger partial charge in [-0.1, -0.05) is 11.6 Å². The number of hydrogen-bond acceptors (Lipinski definition) is 4. The molecule has 5 rings (SSSR count). The van der Waals surface area contributed by atoms with Crippen molar-refractivity contribution >= 4 is 11.8 Å². The highest BCUT2D eigenvalue weighted by Crippen LogP contribution is 2.33. The number of carbonyl (C=O) groups excluding carboxylic acids is 2. The van der Waals surface area contributed by atoms with Crippen LogP contribution in [0.15, 0.2) is 10.6 Å². The quantitative estimate of drug-likeness (QED) is 0.847. The summed E-state index contributed by atoms with van der Waals surface area (Å²) in [5.74, 6) is 1.69. The number of aromatic nitrogens is 1. The normalized spacial score (nSPS) is 27.0. The Hall–Kier alpha value is -1.85. The van der Waals surface area contributed by atoms with Crippen LogP contribution in [-0.4, -0.2) is 52.4 Å². The van der Waals surface area contributed by atoms with E-state index in [2.05, 4.69) is 5.16 Å². The van der Waals surface area contributed by atoms with Gasteiger partial charge < -0.3 is 14.3 Å². The van der Waals surface area contributed by atoms with E-state index in [0.717, 1.165) is 44.5 Å². The Morgan fingerprint density at radius 1 is 1.21 bits per heavy atom. The lowest BCUT2D eigenvalue weighted by Crippen LogP contribution is -2.48. The van der Waals surface area contributed by atoms with Crippen molar-refractivity contribution in [2.75, 3.05) is 19.6 Å². The largest absolute Gasteiger partial charge is 0.361 e. The van der Waals surface area contributed by atoms with Crippen molar-refractivity contribution in [2.24, 2.45) is 11.8 Å². The predicted octanol–water partition coefficient (Wildman–Crippen LogP) is 1.78. The van der Waals surface area contributed by atoms with Crippen LogP contribution in [0.2, 0.25) is 0 Å². The Kier molecular flexibility index (Phi) is 4.06. The van der Waals surface area contributed by atoms with Crippen molar-refractivity contribution in [2.45, 2.75) is 51.5 Å². The van der Waals surface area contributed by atoms with E-state index >= 15 is 0 Å². The molecule has 2 bridgehead atoms. The molecule has 3 saturated heterocycles. The summed E-state index contributed by atoms with van der Waals surface area (Å²) in [7, 11) is 0. The van der Waals surface area contributed by atoms with Gasteiger partial charge in [0.25, 0.3) is 0 Å². The molecule has 1 aliphatic carbocycles. The summed E-state index contributed by atoms with van der Waals surface area (Å²) in [6, 6.07) is 1.98. The number of carbonyl (C=O) groups is 2. The molecular formula is C18H25N3O3. The number of aryl methyl sites for hydroxylation is 1. The molecule has 2 amide bonds. The van der Waals surface area contributed by atoms with E-state index in [1.807, 2.05) is 22.8 Å².